The van der Waals surface area contributed by atoms with Gasteiger partial charge in [0, 0.05) is 23.4 Å². The predicted molar refractivity (Wildman–Crippen MR) is 107 cm³/mol. The van der Waals surface area contributed by atoms with Crippen molar-refractivity contribution in [1.82, 2.24) is 5.32 Å². The fraction of sp³-hybridized carbons (Fsp3) is 0.450. The summed E-state index contributed by atoms with van der Waals surface area (Å²) in [5.74, 6) is -1.94. The number of benzene rings is 1. The number of esters is 1. The summed E-state index contributed by atoms with van der Waals surface area (Å²) < 4.78 is 37.4. The Bertz CT molecular complexity index is 874. The monoisotopic (exact) mass is 440 g/mol. The molecule has 30 heavy (non-hydrogen) atoms. The zero-order valence-corrected chi connectivity index (χ0v) is 17.4. The summed E-state index contributed by atoms with van der Waals surface area (Å²) in [6, 6.07) is 2.33. The number of carbonyl (C=O) groups is 3. The normalized spacial score (nSPS) is 23.2. The third kappa shape index (κ3) is 4.92. The molecule has 1 aliphatic carbocycles. The van der Waals surface area contributed by atoms with E-state index < -0.39 is 35.2 Å². The maximum atomic E-state index is 13.5. The molecule has 1 N–H and O–H groups in total. The first-order valence-electron chi connectivity index (χ1n) is 9.34. The van der Waals surface area contributed by atoms with E-state index >= 15 is 0 Å². The SMILES string of the molecule is CSCCOC(=O)C1=CC[C@H](NC(=O)[C@]2(C)CN(c3cc(F)cc(F)c3)C(=O)O2)C1. The van der Waals surface area contributed by atoms with E-state index in [0.717, 1.165) is 17.0 Å². The standard InChI is InChI=1S/C20H22F2N2O5S/c1-20(11-24(19(27)29-20)16-9-13(21)8-14(22)10-16)18(26)23-15-4-3-12(7-15)17(25)28-5-6-30-2/h3,8-10,15H,4-7,11H2,1-2H3,(H,23,26)/t15-,20-/m0/s1. The fourth-order valence-electron chi connectivity index (χ4n) is 3.30. The molecule has 1 heterocycles. The molecule has 0 bridgehead atoms. The molecule has 1 saturated heterocycles. The highest BCUT2D eigenvalue weighted by Gasteiger charge is 2.48. The number of nitrogens with zero attached hydrogens (tertiary/aromatic N) is 1. The van der Waals surface area contributed by atoms with Crippen LogP contribution in [0.4, 0.5) is 19.3 Å². The van der Waals surface area contributed by atoms with Gasteiger partial charge in [-0.3, -0.25) is 9.69 Å². The molecular formula is C20H22F2N2O5S. The number of ether oxygens (including phenoxy) is 2. The van der Waals surface area contributed by atoms with Crippen LogP contribution in [0.15, 0.2) is 29.8 Å². The second-order valence-electron chi connectivity index (χ2n) is 7.28. The Morgan fingerprint density at radius 2 is 2.03 bits per heavy atom. The summed E-state index contributed by atoms with van der Waals surface area (Å²) in [4.78, 5) is 38.0. The fourth-order valence-corrected chi connectivity index (χ4v) is 3.55. The van der Waals surface area contributed by atoms with E-state index in [2.05, 4.69) is 5.32 Å². The smallest absolute Gasteiger partial charge is 0.415 e. The lowest BCUT2D eigenvalue weighted by Crippen LogP contribution is -2.50. The van der Waals surface area contributed by atoms with Crippen LogP contribution in [-0.2, 0) is 19.1 Å². The highest BCUT2D eigenvalue weighted by molar-refractivity contribution is 7.98. The number of anilines is 1. The molecule has 3 rings (SSSR count). The minimum absolute atomic E-state index is 0.0353. The molecule has 2 atom stereocenters. The van der Waals surface area contributed by atoms with Crippen LogP contribution >= 0.6 is 11.8 Å². The molecule has 0 saturated carbocycles. The van der Waals surface area contributed by atoms with Gasteiger partial charge in [0.2, 0.25) is 5.60 Å². The molecule has 0 spiro atoms. The second kappa shape index (κ2) is 9.03. The van der Waals surface area contributed by atoms with E-state index in [1.54, 1.807) is 17.8 Å². The summed E-state index contributed by atoms with van der Waals surface area (Å²) in [5.41, 5.74) is -1.08. The quantitative estimate of drug-likeness (QED) is 0.519. The Kier molecular flexibility index (Phi) is 6.64. The molecule has 162 valence electrons. The van der Waals surface area contributed by atoms with Gasteiger partial charge in [-0.25, -0.2) is 18.4 Å². The first-order valence-corrected chi connectivity index (χ1v) is 10.7. The predicted octanol–water partition coefficient (Wildman–Crippen LogP) is 2.79. The van der Waals surface area contributed by atoms with Crippen molar-refractivity contribution in [1.29, 1.82) is 0 Å². The Balaban J connectivity index is 1.58. The molecule has 2 aliphatic rings. The lowest BCUT2D eigenvalue weighted by molar-refractivity contribution is -0.139. The van der Waals surface area contributed by atoms with E-state index in [0.29, 0.717) is 36.8 Å². The van der Waals surface area contributed by atoms with Crippen LogP contribution in [0.5, 0.6) is 0 Å². The minimum atomic E-state index is -1.54. The van der Waals surface area contributed by atoms with Gasteiger partial charge in [0.15, 0.2) is 0 Å². The van der Waals surface area contributed by atoms with Crippen molar-refractivity contribution in [3.8, 4) is 0 Å². The number of cyclic esters (lactones) is 1. The van der Waals surface area contributed by atoms with Crippen molar-refractivity contribution in [2.24, 2.45) is 0 Å². The molecule has 0 unspecified atom stereocenters. The first kappa shape index (κ1) is 22.1. The summed E-state index contributed by atoms with van der Waals surface area (Å²) >= 11 is 1.57. The Labute approximate surface area is 176 Å². The largest absolute Gasteiger partial charge is 0.461 e. The summed E-state index contributed by atoms with van der Waals surface area (Å²) in [7, 11) is 0. The van der Waals surface area contributed by atoms with Gasteiger partial charge in [-0.05, 0) is 38.2 Å². The highest BCUT2D eigenvalue weighted by atomic mass is 32.2. The maximum absolute atomic E-state index is 13.5. The Morgan fingerprint density at radius 3 is 2.70 bits per heavy atom. The lowest BCUT2D eigenvalue weighted by atomic mass is 10.0. The molecular weight excluding hydrogens is 418 g/mol. The van der Waals surface area contributed by atoms with Gasteiger partial charge in [-0.2, -0.15) is 11.8 Å². The lowest BCUT2D eigenvalue weighted by Gasteiger charge is -2.23. The molecule has 7 nitrogen and oxygen atoms in total. The third-order valence-corrected chi connectivity index (χ3v) is 5.44. The Morgan fingerprint density at radius 1 is 1.33 bits per heavy atom. The van der Waals surface area contributed by atoms with Gasteiger partial charge in [0.05, 0.1) is 12.2 Å². The summed E-state index contributed by atoms with van der Waals surface area (Å²) in [6.07, 6.45) is 3.52. The van der Waals surface area contributed by atoms with Crippen molar-refractivity contribution >= 4 is 35.4 Å². The third-order valence-electron chi connectivity index (χ3n) is 4.87. The van der Waals surface area contributed by atoms with E-state index in [4.69, 9.17) is 9.47 Å². The topological polar surface area (TPSA) is 84.9 Å². The average molecular weight is 440 g/mol. The molecule has 1 aliphatic heterocycles. The van der Waals surface area contributed by atoms with Gasteiger partial charge in [0.1, 0.15) is 18.2 Å². The molecule has 1 fully saturated rings. The van der Waals surface area contributed by atoms with Crippen molar-refractivity contribution < 1.29 is 32.6 Å². The van der Waals surface area contributed by atoms with Gasteiger partial charge >= 0.3 is 12.1 Å². The van der Waals surface area contributed by atoms with Crippen LogP contribution in [-0.4, -0.2) is 54.8 Å². The van der Waals surface area contributed by atoms with Crippen LogP contribution in [0.1, 0.15) is 19.8 Å². The van der Waals surface area contributed by atoms with Crippen LogP contribution in [0, 0.1) is 11.6 Å². The van der Waals surface area contributed by atoms with Gasteiger partial charge < -0.3 is 14.8 Å². The number of rotatable bonds is 7. The number of hydrogen-bond acceptors (Lipinski definition) is 6. The van der Waals surface area contributed by atoms with Crippen LogP contribution in [0.3, 0.4) is 0 Å². The number of thioether (sulfide) groups is 1. The number of carbonyl (C=O) groups excluding carboxylic acids is 3. The van der Waals surface area contributed by atoms with Crippen molar-refractivity contribution in [3.63, 3.8) is 0 Å². The first-order chi connectivity index (χ1) is 14.2. The van der Waals surface area contributed by atoms with E-state index in [-0.39, 0.29) is 18.3 Å². The molecule has 1 aromatic carbocycles. The van der Waals surface area contributed by atoms with Crippen molar-refractivity contribution in [3.05, 3.63) is 41.5 Å². The Hall–Kier alpha value is -2.62. The summed E-state index contributed by atoms with van der Waals surface area (Å²) in [6.45, 7) is 1.54. The molecule has 2 amide bonds. The van der Waals surface area contributed by atoms with Crippen molar-refractivity contribution in [2.45, 2.75) is 31.4 Å². The molecule has 1 aromatic rings. The van der Waals surface area contributed by atoms with E-state index in [1.807, 2.05) is 6.26 Å². The highest BCUT2D eigenvalue weighted by Crippen LogP contribution is 2.30. The van der Waals surface area contributed by atoms with Crippen molar-refractivity contribution in [2.75, 3.05) is 30.1 Å². The van der Waals surface area contributed by atoms with E-state index in [9.17, 15) is 23.2 Å². The zero-order valence-electron chi connectivity index (χ0n) is 16.6. The maximum Gasteiger partial charge on any atom is 0.415 e. The van der Waals surface area contributed by atoms with Gasteiger partial charge in [-0.1, -0.05) is 6.08 Å². The van der Waals surface area contributed by atoms with E-state index in [1.165, 1.54) is 6.92 Å². The second-order valence-corrected chi connectivity index (χ2v) is 8.27. The molecule has 0 aromatic heterocycles. The van der Waals surface area contributed by atoms with Gasteiger partial charge in [-0.15, -0.1) is 0 Å². The number of amides is 2. The average Bonchev–Trinajstić information content (AvgIpc) is 3.26. The van der Waals surface area contributed by atoms with Crippen LogP contribution in [0.2, 0.25) is 0 Å². The van der Waals surface area contributed by atoms with Crippen LogP contribution < -0.4 is 10.2 Å². The number of nitrogens with one attached hydrogen (secondary N) is 1. The number of hydrogen-bond donors (Lipinski definition) is 1. The minimum Gasteiger partial charge on any atom is -0.461 e. The summed E-state index contributed by atoms with van der Waals surface area (Å²) in [5, 5.41) is 2.77. The molecule has 10 heteroatoms. The zero-order chi connectivity index (χ0) is 21.9. The molecule has 0 radical (unpaired) electrons. The van der Waals surface area contributed by atoms with Gasteiger partial charge in [0.25, 0.3) is 5.91 Å². The van der Waals surface area contributed by atoms with Crippen LogP contribution in [0.25, 0.3) is 0 Å². The number of halogens is 2.